The molecule has 0 unspecified atom stereocenters. The van der Waals surface area contributed by atoms with Gasteiger partial charge in [0.25, 0.3) is 0 Å². The maximum absolute atomic E-state index is 12.9. The Morgan fingerprint density at radius 1 is 1.07 bits per heavy atom. The second kappa shape index (κ2) is 11.4. The Balaban J connectivity index is 1.79. The van der Waals surface area contributed by atoms with Gasteiger partial charge in [-0.15, -0.1) is 11.8 Å². The normalized spacial score (nSPS) is 10.4. The minimum atomic E-state index is -0.359. The van der Waals surface area contributed by atoms with Crippen molar-refractivity contribution in [2.24, 2.45) is 0 Å². The van der Waals surface area contributed by atoms with E-state index >= 15 is 0 Å². The number of nitrogens with one attached hydrogen (secondary N) is 1. The molecule has 0 aliphatic rings. The summed E-state index contributed by atoms with van der Waals surface area (Å²) in [7, 11) is 1.60. The Hall–Kier alpha value is -2.38. The first-order valence-electron chi connectivity index (χ1n) is 8.52. The van der Waals surface area contributed by atoms with Gasteiger partial charge in [0.2, 0.25) is 11.8 Å². The maximum atomic E-state index is 12.9. The number of thioether (sulfide) groups is 1. The summed E-state index contributed by atoms with van der Waals surface area (Å²) >= 11 is 1.25. The minimum absolute atomic E-state index is 0.0458. The van der Waals surface area contributed by atoms with Crippen molar-refractivity contribution in [2.45, 2.75) is 6.54 Å². The molecule has 0 spiro atoms. The predicted octanol–water partition coefficient (Wildman–Crippen LogP) is 3.17. The molecule has 0 bridgehead atoms. The molecule has 2 rings (SSSR count). The smallest absolute Gasteiger partial charge is 0.234 e. The number of hydrogen-bond acceptors (Lipinski definition) is 4. The average Bonchev–Trinajstić information content (AvgIpc) is 2.67. The monoisotopic (exact) mass is 390 g/mol. The second-order valence-corrected chi connectivity index (χ2v) is 6.83. The lowest BCUT2D eigenvalue weighted by atomic mass is 10.2. The van der Waals surface area contributed by atoms with Gasteiger partial charge in [-0.05, 0) is 29.8 Å². The van der Waals surface area contributed by atoms with Crippen molar-refractivity contribution < 1.29 is 18.7 Å². The van der Waals surface area contributed by atoms with Crippen LogP contribution in [-0.2, 0) is 20.9 Å². The molecule has 2 aromatic rings. The molecule has 0 aromatic heterocycles. The molecule has 0 atom stereocenters. The van der Waals surface area contributed by atoms with Crippen molar-refractivity contribution in [3.8, 4) is 0 Å². The third kappa shape index (κ3) is 7.80. The highest BCUT2D eigenvalue weighted by Crippen LogP contribution is 2.11. The number of amides is 2. The van der Waals surface area contributed by atoms with E-state index in [1.807, 2.05) is 30.3 Å². The van der Waals surface area contributed by atoms with E-state index in [2.05, 4.69) is 5.32 Å². The summed E-state index contributed by atoms with van der Waals surface area (Å²) in [5.74, 6) is -0.288. The van der Waals surface area contributed by atoms with E-state index < -0.39 is 0 Å². The fourth-order valence-electron chi connectivity index (χ4n) is 2.35. The molecule has 0 radical (unpaired) electrons. The zero-order valence-corrected chi connectivity index (χ0v) is 16.0. The Bertz CT molecular complexity index is 726. The first-order chi connectivity index (χ1) is 13.1. The molecular weight excluding hydrogens is 367 g/mol. The standard InChI is InChI=1S/C20H23FN2O3S/c1-26-12-11-23(13-16-5-3-2-4-6-16)20(25)15-27-14-19(24)22-18-9-7-17(21)8-10-18/h2-10H,11-15H2,1H3,(H,22,24). The van der Waals surface area contributed by atoms with E-state index in [1.54, 1.807) is 12.0 Å². The van der Waals surface area contributed by atoms with Crippen LogP contribution in [0.2, 0.25) is 0 Å². The van der Waals surface area contributed by atoms with Crippen LogP contribution < -0.4 is 5.32 Å². The number of anilines is 1. The highest BCUT2D eigenvalue weighted by molar-refractivity contribution is 8.00. The number of halogens is 1. The van der Waals surface area contributed by atoms with E-state index in [9.17, 15) is 14.0 Å². The van der Waals surface area contributed by atoms with Crippen molar-refractivity contribution in [3.05, 3.63) is 66.0 Å². The number of nitrogens with zero attached hydrogens (tertiary/aromatic N) is 1. The van der Waals surface area contributed by atoms with Gasteiger partial charge in [-0.25, -0.2) is 4.39 Å². The Kier molecular flexibility index (Phi) is 8.80. The maximum Gasteiger partial charge on any atom is 0.234 e. The van der Waals surface area contributed by atoms with Gasteiger partial charge >= 0.3 is 0 Å². The lowest BCUT2D eigenvalue weighted by Crippen LogP contribution is -2.35. The molecule has 144 valence electrons. The molecule has 2 amide bonds. The van der Waals surface area contributed by atoms with Crippen LogP contribution in [-0.4, -0.2) is 48.5 Å². The Labute approximate surface area is 162 Å². The summed E-state index contributed by atoms with van der Waals surface area (Å²) in [6.45, 7) is 1.45. The number of hydrogen-bond donors (Lipinski definition) is 1. The molecule has 1 N–H and O–H groups in total. The van der Waals surface area contributed by atoms with Crippen molar-refractivity contribution >= 4 is 29.3 Å². The van der Waals surface area contributed by atoms with Gasteiger partial charge in [0, 0.05) is 25.9 Å². The summed E-state index contributed by atoms with van der Waals surface area (Å²) in [5.41, 5.74) is 1.57. The number of benzene rings is 2. The molecule has 0 saturated carbocycles. The highest BCUT2D eigenvalue weighted by Gasteiger charge is 2.15. The van der Waals surface area contributed by atoms with E-state index in [1.165, 1.54) is 36.0 Å². The van der Waals surface area contributed by atoms with Crippen LogP contribution in [0.25, 0.3) is 0 Å². The lowest BCUT2D eigenvalue weighted by Gasteiger charge is -2.22. The van der Waals surface area contributed by atoms with E-state index in [0.717, 1.165) is 5.56 Å². The van der Waals surface area contributed by atoms with Crippen LogP contribution in [0.3, 0.4) is 0 Å². The SMILES string of the molecule is COCCN(Cc1ccccc1)C(=O)CSCC(=O)Nc1ccc(F)cc1. The molecule has 0 fully saturated rings. The molecule has 0 heterocycles. The summed E-state index contributed by atoms with van der Waals surface area (Å²) in [4.78, 5) is 26.2. The number of carbonyl (C=O) groups excluding carboxylic acids is 2. The van der Waals surface area contributed by atoms with Gasteiger partial charge in [-0.1, -0.05) is 30.3 Å². The summed E-state index contributed by atoms with van der Waals surface area (Å²) < 4.78 is 18.0. The van der Waals surface area contributed by atoms with Gasteiger partial charge < -0.3 is 15.0 Å². The first kappa shape index (κ1) is 20.9. The zero-order valence-electron chi connectivity index (χ0n) is 15.2. The van der Waals surface area contributed by atoms with E-state index in [-0.39, 0.29) is 29.1 Å². The fraction of sp³-hybridized carbons (Fsp3) is 0.300. The number of rotatable bonds is 10. The Morgan fingerprint density at radius 3 is 2.44 bits per heavy atom. The van der Waals surface area contributed by atoms with E-state index in [0.29, 0.717) is 25.4 Å². The summed E-state index contributed by atoms with van der Waals surface area (Å²) in [6, 6.07) is 15.3. The average molecular weight is 390 g/mol. The van der Waals surface area contributed by atoms with Crippen molar-refractivity contribution in [1.29, 1.82) is 0 Å². The van der Waals surface area contributed by atoms with Crippen molar-refractivity contribution in [2.75, 3.05) is 37.1 Å². The molecule has 2 aromatic carbocycles. The van der Waals surface area contributed by atoms with Gasteiger partial charge in [0.15, 0.2) is 0 Å². The number of methoxy groups -OCH3 is 1. The van der Waals surface area contributed by atoms with Crippen LogP contribution in [0, 0.1) is 5.82 Å². The molecule has 0 saturated heterocycles. The highest BCUT2D eigenvalue weighted by atomic mass is 32.2. The molecule has 5 nitrogen and oxygen atoms in total. The van der Waals surface area contributed by atoms with Crippen LogP contribution in [0.5, 0.6) is 0 Å². The third-order valence-corrected chi connectivity index (χ3v) is 4.64. The number of ether oxygens (including phenoxy) is 1. The lowest BCUT2D eigenvalue weighted by molar-refractivity contribution is -0.129. The van der Waals surface area contributed by atoms with Crippen LogP contribution >= 0.6 is 11.8 Å². The van der Waals surface area contributed by atoms with Gasteiger partial charge in [0.1, 0.15) is 5.82 Å². The molecule has 0 aliphatic heterocycles. The summed E-state index contributed by atoms with van der Waals surface area (Å²) in [5, 5.41) is 2.67. The molecule has 0 aliphatic carbocycles. The predicted molar refractivity (Wildman–Crippen MR) is 106 cm³/mol. The van der Waals surface area contributed by atoms with Crippen molar-refractivity contribution in [3.63, 3.8) is 0 Å². The third-order valence-electron chi connectivity index (χ3n) is 3.72. The molecule has 27 heavy (non-hydrogen) atoms. The van der Waals surface area contributed by atoms with Crippen molar-refractivity contribution in [1.82, 2.24) is 4.90 Å². The molecule has 7 heteroatoms. The van der Waals surface area contributed by atoms with E-state index in [4.69, 9.17) is 4.74 Å². The number of carbonyl (C=O) groups is 2. The van der Waals surface area contributed by atoms with Crippen LogP contribution in [0.4, 0.5) is 10.1 Å². The minimum Gasteiger partial charge on any atom is -0.383 e. The molecular formula is C20H23FN2O3S. The van der Waals surface area contributed by atoms with Crippen LogP contribution in [0.15, 0.2) is 54.6 Å². The fourth-order valence-corrected chi connectivity index (χ4v) is 3.07. The Morgan fingerprint density at radius 2 is 1.78 bits per heavy atom. The largest absolute Gasteiger partial charge is 0.383 e. The van der Waals surface area contributed by atoms with Gasteiger partial charge in [-0.3, -0.25) is 9.59 Å². The van der Waals surface area contributed by atoms with Gasteiger partial charge in [-0.2, -0.15) is 0 Å². The second-order valence-electron chi connectivity index (χ2n) is 5.84. The zero-order chi connectivity index (χ0) is 19.5. The van der Waals surface area contributed by atoms with Crippen LogP contribution in [0.1, 0.15) is 5.56 Å². The van der Waals surface area contributed by atoms with Gasteiger partial charge in [0.05, 0.1) is 18.1 Å². The summed E-state index contributed by atoms with van der Waals surface area (Å²) in [6.07, 6.45) is 0. The topological polar surface area (TPSA) is 58.6 Å². The first-order valence-corrected chi connectivity index (χ1v) is 9.67. The quantitative estimate of drug-likeness (QED) is 0.677.